The van der Waals surface area contributed by atoms with E-state index in [4.69, 9.17) is 4.74 Å². The van der Waals surface area contributed by atoms with Crippen LogP contribution in [0.25, 0.3) is 21.5 Å². The van der Waals surface area contributed by atoms with E-state index >= 15 is 0 Å². The average molecular weight is 292 g/mol. The largest absolute Gasteiger partial charge is 0.458 e. The minimum atomic E-state index is -0.787. The van der Waals surface area contributed by atoms with Crippen molar-refractivity contribution in [3.8, 4) is 0 Å². The van der Waals surface area contributed by atoms with Crippen LogP contribution >= 0.6 is 0 Å². The molecule has 4 nitrogen and oxygen atoms in total. The molecule has 0 aliphatic carbocycles. The van der Waals surface area contributed by atoms with Crippen LogP contribution in [0.2, 0.25) is 0 Å². The van der Waals surface area contributed by atoms with E-state index in [1.54, 1.807) is 0 Å². The number of carbonyl (C=O) groups is 2. The Hall–Kier alpha value is -2.88. The normalized spacial score (nSPS) is 17.1. The van der Waals surface area contributed by atoms with Gasteiger partial charge in [0.1, 0.15) is 6.61 Å². The molecule has 0 spiro atoms. The van der Waals surface area contributed by atoms with Crippen LogP contribution < -0.4 is 0 Å². The summed E-state index contributed by atoms with van der Waals surface area (Å²) < 4.78 is 9.93. The van der Waals surface area contributed by atoms with Gasteiger partial charge in [0.25, 0.3) is 0 Å². The van der Waals surface area contributed by atoms with Gasteiger partial charge in [-0.1, -0.05) is 48.5 Å². The van der Waals surface area contributed by atoms with E-state index in [0.29, 0.717) is 5.56 Å². The van der Waals surface area contributed by atoms with E-state index in [9.17, 15) is 9.59 Å². The Balaban J connectivity index is 1.92. The second kappa shape index (κ2) is 4.84. The van der Waals surface area contributed by atoms with Gasteiger partial charge in [-0.3, -0.25) is 0 Å². The highest BCUT2D eigenvalue weighted by Gasteiger charge is 2.35. The third kappa shape index (κ3) is 1.92. The second-order valence-electron chi connectivity index (χ2n) is 5.22. The number of hydrogen-bond donors (Lipinski definition) is 0. The van der Waals surface area contributed by atoms with Crippen LogP contribution in [0, 0.1) is 0 Å². The number of hydrogen-bond acceptors (Lipinski definition) is 4. The van der Waals surface area contributed by atoms with Crippen molar-refractivity contribution in [1.29, 1.82) is 0 Å². The molecule has 0 aromatic heterocycles. The number of ether oxygens (including phenoxy) is 2. The van der Waals surface area contributed by atoms with E-state index in [-0.39, 0.29) is 6.61 Å². The summed E-state index contributed by atoms with van der Waals surface area (Å²) in [5, 5.41) is 3.56. The lowest BCUT2D eigenvalue weighted by Gasteiger charge is -2.24. The highest BCUT2D eigenvalue weighted by Crippen LogP contribution is 2.29. The number of cyclic esters (lactones) is 1. The zero-order valence-electron chi connectivity index (χ0n) is 11.6. The lowest BCUT2D eigenvalue weighted by Crippen LogP contribution is -2.43. The monoisotopic (exact) mass is 292 g/mol. The Morgan fingerprint density at radius 3 is 2.09 bits per heavy atom. The highest BCUT2D eigenvalue weighted by molar-refractivity contribution is 6.16. The minimum Gasteiger partial charge on any atom is -0.458 e. The molecular weight excluding hydrogens is 280 g/mol. The van der Waals surface area contributed by atoms with Gasteiger partial charge in [0.05, 0.1) is 5.56 Å². The summed E-state index contributed by atoms with van der Waals surface area (Å²) in [4.78, 5) is 23.8. The van der Waals surface area contributed by atoms with Crippen molar-refractivity contribution < 1.29 is 19.1 Å². The van der Waals surface area contributed by atoms with Crippen molar-refractivity contribution in [1.82, 2.24) is 0 Å². The number of rotatable bonds is 2. The van der Waals surface area contributed by atoms with Gasteiger partial charge in [0.2, 0.25) is 6.10 Å². The summed E-state index contributed by atoms with van der Waals surface area (Å²) in [5.41, 5.74) is 0.494. The average Bonchev–Trinajstić information content (AvgIpc) is 2.55. The van der Waals surface area contributed by atoms with Crippen molar-refractivity contribution in [2.45, 2.75) is 6.10 Å². The molecule has 3 aromatic rings. The van der Waals surface area contributed by atoms with Crippen molar-refractivity contribution in [2.24, 2.45) is 0 Å². The molecule has 3 aromatic carbocycles. The molecule has 1 heterocycles. The summed E-state index contributed by atoms with van der Waals surface area (Å²) in [5.74, 6) is -0.979. The molecular formula is C18H12O4. The zero-order valence-corrected chi connectivity index (χ0v) is 11.6. The molecule has 4 heteroatoms. The fourth-order valence-electron chi connectivity index (χ4n) is 2.72. The molecule has 1 aliphatic heterocycles. The first kappa shape index (κ1) is 12.8. The van der Waals surface area contributed by atoms with Crippen LogP contribution in [0.4, 0.5) is 0 Å². The molecule has 0 radical (unpaired) electrons. The fraction of sp³-hybridized carbons (Fsp3) is 0.111. The summed E-state index contributed by atoms with van der Waals surface area (Å²) >= 11 is 0. The predicted molar refractivity (Wildman–Crippen MR) is 81.6 cm³/mol. The molecule has 1 aliphatic rings. The first-order valence-electron chi connectivity index (χ1n) is 7.02. The molecule has 1 fully saturated rings. The molecule has 1 atom stereocenters. The lowest BCUT2D eigenvalue weighted by molar-refractivity contribution is -0.179. The molecule has 22 heavy (non-hydrogen) atoms. The standard InChI is InChI=1S/C18H12O4/c19-17-15(10-21-17)22-18(20)16-13-7-3-1-5-11(13)9-12-6-2-4-8-14(12)16/h1-9,15H,10H2. The van der Waals surface area contributed by atoms with E-state index < -0.39 is 18.0 Å². The molecule has 0 amide bonds. The smallest absolute Gasteiger partial charge is 0.351 e. The topological polar surface area (TPSA) is 52.6 Å². The van der Waals surface area contributed by atoms with Crippen molar-refractivity contribution in [2.75, 3.05) is 6.61 Å². The highest BCUT2D eigenvalue weighted by atomic mass is 16.6. The van der Waals surface area contributed by atoms with Crippen LogP contribution in [-0.4, -0.2) is 24.6 Å². The molecule has 1 saturated heterocycles. The Bertz CT molecular complexity index is 859. The first-order chi connectivity index (χ1) is 10.7. The van der Waals surface area contributed by atoms with Crippen LogP contribution in [-0.2, 0) is 14.3 Å². The van der Waals surface area contributed by atoms with Gasteiger partial charge < -0.3 is 9.47 Å². The Morgan fingerprint density at radius 2 is 1.59 bits per heavy atom. The summed E-state index contributed by atoms with van der Waals surface area (Å²) in [6.45, 7) is 0.132. The minimum absolute atomic E-state index is 0.132. The number of fused-ring (bicyclic) bond motifs is 2. The maximum absolute atomic E-state index is 12.6. The van der Waals surface area contributed by atoms with Crippen LogP contribution in [0.15, 0.2) is 54.6 Å². The van der Waals surface area contributed by atoms with E-state index in [2.05, 4.69) is 4.74 Å². The van der Waals surface area contributed by atoms with Gasteiger partial charge in [-0.05, 0) is 27.6 Å². The Morgan fingerprint density at radius 1 is 1.00 bits per heavy atom. The van der Waals surface area contributed by atoms with E-state index in [1.807, 2.05) is 54.6 Å². The molecule has 1 unspecified atom stereocenters. The third-order valence-corrected chi connectivity index (χ3v) is 3.86. The van der Waals surface area contributed by atoms with Gasteiger partial charge in [0, 0.05) is 0 Å². The Labute approximate surface area is 126 Å². The molecule has 0 saturated carbocycles. The van der Waals surface area contributed by atoms with E-state index in [0.717, 1.165) is 21.5 Å². The van der Waals surface area contributed by atoms with E-state index in [1.165, 1.54) is 0 Å². The Kier molecular flexibility index (Phi) is 2.82. The van der Waals surface area contributed by atoms with Gasteiger partial charge in [-0.15, -0.1) is 0 Å². The van der Waals surface area contributed by atoms with Crippen molar-refractivity contribution >= 4 is 33.5 Å². The maximum Gasteiger partial charge on any atom is 0.351 e. The maximum atomic E-state index is 12.6. The number of esters is 2. The van der Waals surface area contributed by atoms with Gasteiger partial charge in [-0.2, -0.15) is 0 Å². The summed E-state index contributed by atoms with van der Waals surface area (Å²) in [6, 6.07) is 17.3. The summed E-state index contributed by atoms with van der Waals surface area (Å²) in [6.07, 6.45) is -0.787. The predicted octanol–water partition coefficient (Wildman–Crippen LogP) is 3.08. The fourth-order valence-corrected chi connectivity index (χ4v) is 2.72. The molecule has 0 bridgehead atoms. The van der Waals surface area contributed by atoms with Crippen LogP contribution in [0.1, 0.15) is 10.4 Å². The van der Waals surface area contributed by atoms with Crippen LogP contribution in [0.3, 0.4) is 0 Å². The number of carbonyl (C=O) groups excluding carboxylic acids is 2. The van der Waals surface area contributed by atoms with Gasteiger partial charge in [-0.25, -0.2) is 9.59 Å². The van der Waals surface area contributed by atoms with Crippen molar-refractivity contribution in [3.05, 3.63) is 60.2 Å². The van der Waals surface area contributed by atoms with Crippen molar-refractivity contribution in [3.63, 3.8) is 0 Å². The quantitative estimate of drug-likeness (QED) is 0.538. The SMILES string of the molecule is O=C(OC1COC1=O)c1c2ccccc2cc2ccccc12. The number of benzene rings is 3. The van der Waals surface area contributed by atoms with Gasteiger partial charge >= 0.3 is 11.9 Å². The molecule has 108 valence electrons. The zero-order chi connectivity index (χ0) is 15.1. The lowest BCUT2D eigenvalue weighted by atomic mass is 9.97. The summed E-state index contributed by atoms with van der Waals surface area (Å²) in [7, 11) is 0. The molecule has 0 N–H and O–H groups in total. The first-order valence-corrected chi connectivity index (χ1v) is 7.02. The second-order valence-corrected chi connectivity index (χ2v) is 5.22. The third-order valence-electron chi connectivity index (χ3n) is 3.86. The van der Waals surface area contributed by atoms with Gasteiger partial charge in [0.15, 0.2) is 0 Å². The van der Waals surface area contributed by atoms with Crippen LogP contribution in [0.5, 0.6) is 0 Å². The molecule has 4 rings (SSSR count).